The van der Waals surface area contributed by atoms with Crippen molar-refractivity contribution in [2.45, 2.75) is 44.9 Å². The van der Waals surface area contributed by atoms with Gasteiger partial charge >= 0.3 is 0 Å². The average molecular weight is 298 g/mol. The van der Waals surface area contributed by atoms with Crippen molar-refractivity contribution in [2.24, 2.45) is 0 Å². The summed E-state index contributed by atoms with van der Waals surface area (Å²) in [5.41, 5.74) is 1.30. The second-order valence-electron chi connectivity index (χ2n) is 4.80. The van der Waals surface area contributed by atoms with E-state index >= 15 is 0 Å². The number of rotatable bonds is 4. The maximum Gasteiger partial charge on any atom is 0.0704 e. The molecule has 1 heterocycles. The Bertz CT molecular complexity index is 369. The van der Waals surface area contributed by atoms with E-state index < -0.39 is 0 Å². The van der Waals surface area contributed by atoms with Crippen molar-refractivity contribution in [1.82, 2.24) is 5.32 Å². The molecule has 0 amide bonds. The second kappa shape index (κ2) is 5.98. The molecule has 1 aliphatic heterocycles. The van der Waals surface area contributed by atoms with Crippen LogP contribution >= 0.6 is 15.9 Å². The number of nitrogens with one attached hydrogen (secondary N) is 1. The van der Waals surface area contributed by atoms with Crippen LogP contribution in [0.1, 0.15) is 38.3 Å². The molecule has 94 valence electrons. The van der Waals surface area contributed by atoms with Gasteiger partial charge in [-0.05, 0) is 38.3 Å². The van der Waals surface area contributed by atoms with Crippen molar-refractivity contribution in [2.75, 3.05) is 6.54 Å². The molecule has 0 aromatic heterocycles. The summed E-state index contributed by atoms with van der Waals surface area (Å²) >= 11 is 3.59. The van der Waals surface area contributed by atoms with Gasteiger partial charge in [-0.15, -0.1) is 0 Å². The Hall–Kier alpha value is -0.380. The maximum atomic E-state index is 5.80. The number of halogens is 1. The summed E-state index contributed by atoms with van der Waals surface area (Å²) in [5, 5.41) is 3.55. The van der Waals surface area contributed by atoms with Gasteiger partial charge in [0.25, 0.3) is 0 Å². The van der Waals surface area contributed by atoms with Crippen LogP contribution in [0, 0.1) is 0 Å². The van der Waals surface area contributed by atoms with E-state index in [1.807, 2.05) is 6.07 Å². The van der Waals surface area contributed by atoms with E-state index in [1.165, 1.54) is 22.9 Å². The molecule has 3 heteroatoms. The Kier molecular flexibility index (Phi) is 4.60. The Morgan fingerprint density at radius 2 is 2.18 bits per heavy atom. The van der Waals surface area contributed by atoms with Crippen LogP contribution in [0.15, 0.2) is 28.7 Å². The summed E-state index contributed by atoms with van der Waals surface area (Å²) in [5.74, 6) is 0. The number of ether oxygens (including phenoxy) is 1. The van der Waals surface area contributed by atoms with Crippen LogP contribution in [0.2, 0.25) is 0 Å². The zero-order valence-electron chi connectivity index (χ0n) is 10.4. The first-order chi connectivity index (χ1) is 8.16. The fourth-order valence-electron chi connectivity index (χ4n) is 2.28. The van der Waals surface area contributed by atoms with Gasteiger partial charge in [-0.25, -0.2) is 0 Å². The van der Waals surface area contributed by atoms with Gasteiger partial charge in [-0.2, -0.15) is 0 Å². The van der Waals surface area contributed by atoms with E-state index in [1.54, 1.807) is 0 Å². The van der Waals surface area contributed by atoms with Crippen LogP contribution in [-0.2, 0) is 4.74 Å². The molecule has 2 nitrogen and oxygen atoms in total. The molecule has 3 atom stereocenters. The highest BCUT2D eigenvalue weighted by Gasteiger charge is 2.22. The zero-order chi connectivity index (χ0) is 12.3. The largest absolute Gasteiger partial charge is 0.374 e. The van der Waals surface area contributed by atoms with Crippen LogP contribution in [0.25, 0.3) is 0 Å². The topological polar surface area (TPSA) is 21.3 Å². The van der Waals surface area contributed by atoms with Crippen molar-refractivity contribution in [3.05, 3.63) is 34.3 Å². The normalized spacial score (nSPS) is 26.1. The molecular formula is C14H20BrNO. The monoisotopic (exact) mass is 297 g/mol. The smallest absolute Gasteiger partial charge is 0.0704 e. The first-order valence-corrected chi connectivity index (χ1v) is 7.09. The third-order valence-electron chi connectivity index (χ3n) is 3.34. The molecule has 0 radical (unpaired) electrons. The number of benzene rings is 1. The summed E-state index contributed by atoms with van der Waals surface area (Å²) in [6.07, 6.45) is 3.18. The van der Waals surface area contributed by atoms with Crippen molar-refractivity contribution >= 4 is 15.9 Å². The van der Waals surface area contributed by atoms with Crippen LogP contribution in [0.5, 0.6) is 0 Å². The molecule has 1 aromatic carbocycles. The van der Waals surface area contributed by atoms with Crippen LogP contribution in [-0.4, -0.2) is 18.8 Å². The van der Waals surface area contributed by atoms with Gasteiger partial charge in [-0.3, -0.25) is 0 Å². The van der Waals surface area contributed by atoms with Gasteiger partial charge in [0, 0.05) is 17.1 Å². The minimum atomic E-state index is 0.352. The third-order valence-corrected chi connectivity index (χ3v) is 4.07. The van der Waals surface area contributed by atoms with Gasteiger partial charge < -0.3 is 10.1 Å². The maximum absolute atomic E-state index is 5.80. The molecule has 0 spiro atoms. The standard InChI is InChI=1S/C14H20BrNO/c1-10-7-8-12(17-10)9-16-11(2)13-5-3-4-6-14(13)15/h3-6,10-12,16H,7-9H2,1-2H3/t10?,11-,12?/m1/s1. The van der Waals surface area contributed by atoms with E-state index in [0.29, 0.717) is 18.2 Å². The highest BCUT2D eigenvalue weighted by atomic mass is 79.9. The average Bonchev–Trinajstić information content (AvgIpc) is 2.73. The lowest BCUT2D eigenvalue weighted by molar-refractivity contribution is 0.0546. The molecule has 2 unspecified atom stereocenters. The van der Waals surface area contributed by atoms with E-state index in [-0.39, 0.29) is 0 Å². The molecule has 1 aliphatic rings. The summed E-state index contributed by atoms with van der Waals surface area (Å²) < 4.78 is 6.97. The van der Waals surface area contributed by atoms with Crippen molar-refractivity contribution < 1.29 is 4.74 Å². The fourth-order valence-corrected chi connectivity index (χ4v) is 2.91. The highest BCUT2D eigenvalue weighted by Crippen LogP contribution is 2.24. The molecule has 17 heavy (non-hydrogen) atoms. The van der Waals surface area contributed by atoms with Crippen LogP contribution in [0.4, 0.5) is 0 Å². The minimum Gasteiger partial charge on any atom is -0.374 e. The summed E-state index contributed by atoms with van der Waals surface area (Å²) in [6.45, 7) is 5.28. The molecule has 0 saturated carbocycles. The lowest BCUT2D eigenvalue weighted by atomic mass is 10.1. The van der Waals surface area contributed by atoms with Gasteiger partial charge in [0.15, 0.2) is 0 Å². The number of hydrogen-bond acceptors (Lipinski definition) is 2. The lowest BCUT2D eigenvalue weighted by Gasteiger charge is -2.18. The molecule has 1 N–H and O–H groups in total. The fraction of sp³-hybridized carbons (Fsp3) is 0.571. The Balaban J connectivity index is 1.85. The van der Waals surface area contributed by atoms with Crippen LogP contribution < -0.4 is 5.32 Å². The second-order valence-corrected chi connectivity index (χ2v) is 5.65. The third kappa shape index (κ3) is 3.54. The van der Waals surface area contributed by atoms with Crippen molar-refractivity contribution in [3.8, 4) is 0 Å². The van der Waals surface area contributed by atoms with E-state index in [4.69, 9.17) is 4.74 Å². The molecule has 1 aromatic rings. The quantitative estimate of drug-likeness (QED) is 0.916. The molecule has 1 fully saturated rings. The predicted molar refractivity (Wildman–Crippen MR) is 74.1 cm³/mol. The first-order valence-electron chi connectivity index (χ1n) is 6.30. The lowest BCUT2D eigenvalue weighted by Crippen LogP contribution is -2.29. The Morgan fingerprint density at radius 3 is 2.82 bits per heavy atom. The molecule has 0 aliphatic carbocycles. The van der Waals surface area contributed by atoms with E-state index in [9.17, 15) is 0 Å². The summed E-state index contributed by atoms with van der Waals surface area (Å²) in [6, 6.07) is 8.71. The number of hydrogen-bond donors (Lipinski definition) is 1. The van der Waals surface area contributed by atoms with E-state index in [0.717, 1.165) is 6.54 Å². The highest BCUT2D eigenvalue weighted by molar-refractivity contribution is 9.10. The van der Waals surface area contributed by atoms with Gasteiger partial charge in [0.05, 0.1) is 12.2 Å². The van der Waals surface area contributed by atoms with Gasteiger partial charge in [0.1, 0.15) is 0 Å². The Labute approximate surface area is 112 Å². The predicted octanol–water partition coefficient (Wildman–Crippen LogP) is 3.67. The summed E-state index contributed by atoms with van der Waals surface area (Å²) in [4.78, 5) is 0. The van der Waals surface area contributed by atoms with E-state index in [2.05, 4.69) is 53.3 Å². The van der Waals surface area contributed by atoms with Crippen molar-refractivity contribution in [1.29, 1.82) is 0 Å². The molecular weight excluding hydrogens is 278 g/mol. The molecule has 2 rings (SSSR count). The van der Waals surface area contributed by atoms with Gasteiger partial charge in [-0.1, -0.05) is 34.1 Å². The summed E-state index contributed by atoms with van der Waals surface area (Å²) in [7, 11) is 0. The zero-order valence-corrected chi connectivity index (χ0v) is 12.0. The van der Waals surface area contributed by atoms with Gasteiger partial charge in [0.2, 0.25) is 0 Å². The first kappa shape index (κ1) is 13.1. The van der Waals surface area contributed by atoms with Crippen molar-refractivity contribution in [3.63, 3.8) is 0 Å². The minimum absolute atomic E-state index is 0.352. The van der Waals surface area contributed by atoms with Crippen LogP contribution in [0.3, 0.4) is 0 Å². The Morgan fingerprint density at radius 1 is 1.41 bits per heavy atom. The molecule has 1 saturated heterocycles. The SMILES string of the molecule is CC1CCC(CN[C@H](C)c2ccccc2Br)O1. The molecule has 0 bridgehead atoms.